The molecule has 88 valence electrons. The van der Waals surface area contributed by atoms with E-state index in [1.165, 1.54) is 0 Å². The minimum Gasteiger partial charge on any atom is -0.466 e. The van der Waals surface area contributed by atoms with Gasteiger partial charge in [0.15, 0.2) is 0 Å². The van der Waals surface area contributed by atoms with Crippen LogP contribution >= 0.6 is 0 Å². The molecule has 0 heterocycles. The average Bonchev–Trinajstić information content (AvgIpc) is 2.18. The van der Waals surface area contributed by atoms with Crippen LogP contribution in [0.25, 0.3) is 0 Å². The van der Waals surface area contributed by atoms with Crippen molar-refractivity contribution in [2.24, 2.45) is 5.73 Å². The molecule has 0 aromatic heterocycles. The van der Waals surface area contributed by atoms with E-state index in [1.807, 2.05) is 6.92 Å². The fourth-order valence-electron chi connectivity index (χ4n) is 2.08. The molecule has 0 bridgehead atoms. The molecule has 1 aliphatic carbocycles. The lowest BCUT2D eigenvalue weighted by atomic mass is 9.79. The van der Waals surface area contributed by atoms with E-state index in [-0.39, 0.29) is 11.5 Å². The number of hydrogen-bond acceptors (Lipinski definition) is 4. The Kier molecular flexibility index (Phi) is 4.54. The Balaban J connectivity index is 2.37. The Morgan fingerprint density at radius 1 is 1.47 bits per heavy atom. The first-order valence-corrected chi connectivity index (χ1v) is 5.57. The van der Waals surface area contributed by atoms with E-state index in [0.717, 1.165) is 25.7 Å². The second kappa shape index (κ2) is 5.47. The quantitative estimate of drug-likeness (QED) is 0.716. The zero-order valence-corrected chi connectivity index (χ0v) is 9.62. The highest BCUT2D eigenvalue weighted by Crippen LogP contribution is 2.30. The van der Waals surface area contributed by atoms with Crippen molar-refractivity contribution in [1.29, 1.82) is 0 Å². The summed E-state index contributed by atoms with van der Waals surface area (Å²) in [6.07, 6.45) is 4.19. The summed E-state index contributed by atoms with van der Waals surface area (Å²) in [6, 6.07) is 0. The zero-order valence-electron chi connectivity index (χ0n) is 9.62. The summed E-state index contributed by atoms with van der Waals surface area (Å²) < 4.78 is 10.2. The minimum atomic E-state index is -0.374. The molecule has 4 heteroatoms. The third-order valence-electron chi connectivity index (χ3n) is 3.06. The van der Waals surface area contributed by atoms with E-state index in [9.17, 15) is 4.79 Å². The molecule has 1 rings (SSSR count). The molecule has 15 heavy (non-hydrogen) atoms. The van der Waals surface area contributed by atoms with Crippen molar-refractivity contribution >= 4 is 5.97 Å². The maximum absolute atomic E-state index is 11.3. The molecule has 0 atom stereocenters. The topological polar surface area (TPSA) is 61.5 Å². The molecule has 0 spiro atoms. The van der Waals surface area contributed by atoms with Crippen molar-refractivity contribution in [2.75, 3.05) is 13.7 Å². The van der Waals surface area contributed by atoms with Gasteiger partial charge in [-0.3, -0.25) is 4.79 Å². The Bertz CT molecular complexity index is 210. The van der Waals surface area contributed by atoms with Crippen molar-refractivity contribution in [2.45, 2.75) is 50.7 Å². The van der Waals surface area contributed by atoms with Gasteiger partial charge in [0.2, 0.25) is 0 Å². The van der Waals surface area contributed by atoms with Crippen molar-refractivity contribution < 1.29 is 14.3 Å². The van der Waals surface area contributed by atoms with Crippen LogP contribution in [0.3, 0.4) is 0 Å². The summed E-state index contributed by atoms with van der Waals surface area (Å²) >= 11 is 0. The number of hydrogen-bond donors (Lipinski definition) is 1. The Hall–Kier alpha value is -0.610. The van der Waals surface area contributed by atoms with Gasteiger partial charge >= 0.3 is 5.97 Å². The van der Waals surface area contributed by atoms with Gasteiger partial charge in [0.05, 0.1) is 19.1 Å². The number of rotatable bonds is 4. The first-order chi connectivity index (χ1) is 7.09. The highest BCUT2D eigenvalue weighted by Gasteiger charge is 2.34. The number of carbonyl (C=O) groups is 1. The van der Waals surface area contributed by atoms with Crippen LogP contribution in [-0.2, 0) is 14.3 Å². The van der Waals surface area contributed by atoms with Gasteiger partial charge in [-0.05, 0) is 32.6 Å². The molecule has 0 aromatic carbocycles. The highest BCUT2D eigenvalue weighted by molar-refractivity contribution is 5.70. The summed E-state index contributed by atoms with van der Waals surface area (Å²) in [4.78, 5) is 11.3. The molecule has 1 fully saturated rings. The fourth-order valence-corrected chi connectivity index (χ4v) is 2.08. The van der Waals surface area contributed by atoms with Crippen LogP contribution in [0.5, 0.6) is 0 Å². The van der Waals surface area contributed by atoms with E-state index >= 15 is 0 Å². The molecule has 0 saturated heterocycles. The second-order valence-electron chi connectivity index (χ2n) is 4.28. The Labute approximate surface area is 91.1 Å². The summed E-state index contributed by atoms with van der Waals surface area (Å²) in [5.74, 6) is -0.184. The van der Waals surface area contributed by atoms with E-state index in [1.54, 1.807) is 7.11 Å². The van der Waals surface area contributed by atoms with Crippen molar-refractivity contribution in [3.05, 3.63) is 0 Å². The van der Waals surface area contributed by atoms with Gasteiger partial charge < -0.3 is 15.2 Å². The molecule has 0 aromatic rings. The van der Waals surface area contributed by atoms with Crippen LogP contribution in [0.4, 0.5) is 0 Å². The number of methoxy groups -OCH3 is 1. The summed E-state index contributed by atoms with van der Waals surface area (Å²) in [5.41, 5.74) is 5.78. The van der Waals surface area contributed by atoms with Crippen LogP contribution in [0.15, 0.2) is 0 Å². The number of nitrogens with two attached hydrogens (primary N) is 1. The smallest absolute Gasteiger partial charge is 0.307 e. The van der Waals surface area contributed by atoms with Gasteiger partial charge in [0.25, 0.3) is 0 Å². The monoisotopic (exact) mass is 215 g/mol. The number of esters is 1. The maximum atomic E-state index is 11.3. The SMILES string of the molecule is CCOC(=O)CC1(N)CCC(OC)CC1. The fraction of sp³-hybridized carbons (Fsp3) is 0.909. The molecule has 0 unspecified atom stereocenters. The summed E-state index contributed by atoms with van der Waals surface area (Å²) in [6.45, 7) is 2.23. The molecule has 1 saturated carbocycles. The molecule has 4 nitrogen and oxygen atoms in total. The van der Waals surface area contributed by atoms with Crippen molar-refractivity contribution in [3.63, 3.8) is 0 Å². The summed E-state index contributed by atoms with van der Waals surface area (Å²) in [5, 5.41) is 0. The van der Waals surface area contributed by atoms with Crippen LogP contribution in [0.2, 0.25) is 0 Å². The van der Waals surface area contributed by atoms with E-state index in [4.69, 9.17) is 15.2 Å². The average molecular weight is 215 g/mol. The third kappa shape index (κ3) is 3.80. The predicted molar refractivity (Wildman–Crippen MR) is 57.4 cm³/mol. The third-order valence-corrected chi connectivity index (χ3v) is 3.06. The zero-order chi connectivity index (χ0) is 11.3. The lowest BCUT2D eigenvalue weighted by molar-refractivity contribution is -0.145. The van der Waals surface area contributed by atoms with Gasteiger partial charge in [-0.25, -0.2) is 0 Å². The van der Waals surface area contributed by atoms with Gasteiger partial charge in [-0.2, -0.15) is 0 Å². The van der Waals surface area contributed by atoms with E-state index in [0.29, 0.717) is 19.1 Å². The molecule has 0 amide bonds. The maximum Gasteiger partial charge on any atom is 0.307 e. The van der Waals surface area contributed by atoms with Crippen molar-refractivity contribution in [1.82, 2.24) is 0 Å². The number of ether oxygens (including phenoxy) is 2. The van der Waals surface area contributed by atoms with Gasteiger partial charge in [0.1, 0.15) is 0 Å². The predicted octanol–water partition coefficient (Wildman–Crippen LogP) is 1.23. The standard InChI is InChI=1S/C11H21NO3/c1-3-15-10(13)8-11(12)6-4-9(14-2)5-7-11/h9H,3-8,12H2,1-2H3. The van der Waals surface area contributed by atoms with Crippen LogP contribution in [-0.4, -0.2) is 31.3 Å². The summed E-state index contributed by atoms with van der Waals surface area (Å²) in [7, 11) is 1.72. The molecule has 2 N–H and O–H groups in total. The van der Waals surface area contributed by atoms with Gasteiger partial charge in [-0.1, -0.05) is 0 Å². The van der Waals surface area contributed by atoms with Crippen LogP contribution < -0.4 is 5.73 Å². The normalized spacial score (nSPS) is 31.3. The van der Waals surface area contributed by atoms with Crippen molar-refractivity contribution in [3.8, 4) is 0 Å². The first-order valence-electron chi connectivity index (χ1n) is 5.57. The van der Waals surface area contributed by atoms with Crippen LogP contribution in [0.1, 0.15) is 39.0 Å². The van der Waals surface area contributed by atoms with E-state index in [2.05, 4.69) is 0 Å². The molecular formula is C11H21NO3. The van der Waals surface area contributed by atoms with E-state index < -0.39 is 0 Å². The largest absolute Gasteiger partial charge is 0.466 e. The highest BCUT2D eigenvalue weighted by atomic mass is 16.5. The second-order valence-corrected chi connectivity index (χ2v) is 4.28. The molecule has 0 radical (unpaired) electrons. The molecule has 0 aliphatic heterocycles. The number of carbonyl (C=O) groups excluding carboxylic acids is 1. The first kappa shape index (κ1) is 12.5. The molecule has 1 aliphatic rings. The molecular weight excluding hydrogens is 194 g/mol. The minimum absolute atomic E-state index is 0.184. The van der Waals surface area contributed by atoms with Gasteiger partial charge in [-0.15, -0.1) is 0 Å². The lowest BCUT2D eigenvalue weighted by Crippen LogP contribution is -2.46. The Morgan fingerprint density at radius 3 is 2.53 bits per heavy atom. The lowest BCUT2D eigenvalue weighted by Gasteiger charge is -2.35. The Morgan fingerprint density at radius 2 is 2.07 bits per heavy atom. The van der Waals surface area contributed by atoms with Gasteiger partial charge in [0, 0.05) is 12.6 Å². The van der Waals surface area contributed by atoms with Crippen LogP contribution in [0, 0.1) is 0 Å².